The maximum Gasteiger partial charge on any atom is 0.373 e. The summed E-state index contributed by atoms with van der Waals surface area (Å²) >= 11 is 4.11. The Balaban J connectivity index is 0.00000482. The number of hydrogen-bond donors (Lipinski definition) is 4. The average molecular weight is 1100 g/mol. The normalized spacial score (nSPS) is 18.5. The molecule has 18 nitrogen and oxygen atoms in total. The van der Waals surface area contributed by atoms with Gasteiger partial charge in [0.1, 0.15) is 28.0 Å². The number of rotatable bonds is 31. The molecular formula is C54H79N5O13S3. The molecule has 0 spiro atoms. The number of carbonyl (C=O) groups is 8. The standard InChI is InChI=1S/C53H79N5O11S3.CO2/c1-9-17-36(26-35-23-24-42(60)38(27-35)55-47(64)21-13-11-19-43(61)49-50(72-31-71-49)44(62)20-12-14-22-48(65)66)54-51(67)39-30-70-52(56-39)46(69-34(6)59)29-41(32(3)4)58(8)53(68)37(33(5)10-2)28-45(63)40-18-15-16-25-57(40)7;2-1-3/h23-24,27,30,32-33,36-37,40-41,46,49-50,60H,9-22,25-26,28-29,31H2,1-8H3,(H,54,67)(H,55,64)(H,65,66);/t33-,36+,37-,40+,41+,46+,49?,50?;/m0./s1. The van der Waals surface area contributed by atoms with Gasteiger partial charge in [-0.25, -0.2) is 4.98 Å². The monoisotopic (exact) mass is 1100 g/mol. The van der Waals surface area contributed by atoms with Crippen LogP contribution in [0.1, 0.15) is 171 Å². The highest BCUT2D eigenvalue weighted by Crippen LogP contribution is 2.39. The van der Waals surface area contributed by atoms with E-state index in [1.54, 1.807) is 29.5 Å². The molecule has 416 valence electrons. The lowest BCUT2D eigenvalue weighted by molar-refractivity contribution is -0.192. The summed E-state index contributed by atoms with van der Waals surface area (Å²) in [6.07, 6.45) is 7.55. The fourth-order valence-corrected chi connectivity index (χ4v) is 13.6. The predicted molar refractivity (Wildman–Crippen MR) is 289 cm³/mol. The van der Waals surface area contributed by atoms with E-state index in [0.717, 1.165) is 44.2 Å². The Hall–Kier alpha value is -4.95. The van der Waals surface area contributed by atoms with Crippen LogP contribution < -0.4 is 10.6 Å². The van der Waals surface area contributed by atoms with Crippen molar-refractivity contribution in [2.24, 2.45) is 17.8 Å². The molecule has 2 aromatic rings. The van der Waals surface area contributed by atoms with E-state index < -0.39 is 40.4 Å². The number of Topliss-reactive ketones (excluding diaryl/α,β-unsaturated/α-hetero) is 3. The molecule has 3 heterocycles. The fourth-order valence-electron chi connectivity index (χ4n) is 9.58. The Bertz CT molecular complexity index is 2270. The number of phenols is 1. The summed E-state index contributed by atoms with van der Waals surface area (Å²) in [5.41, 5.74) is 1.14. The van der Waals surface area contributed by atoms with Crippen molar-refractivity contribution in [1.82, 2.24) is 20.1 Å². The van der Waals surface area contributed by atoms with E-state index in [1.807, 2.05) is 41.7 Å². The highest BCUT2D eigenvalue weighted by molar-refractivity contribution is 8.20. The average Bonchev–Trinajstić information content (AvgIpc) is 4.07. The second-order valence-corrected chi connectivity index (χ2v) is 23.5. The third-order valence-electron chi connectivity index (χ3n) is 14.0. The number of carbonyl (C=O) groups excluding carboxylic acids is 9. The topological polar surface area (TPSA) is 264 Å². The van der Waals surface area contributed by atoms with E-state index >= 15 is 0 Å². The molecule has 4 N–H and O–H groups in total. The van der Waals surface area contributed by atoms with E-state index in [1.165, 1.54) is 47.9 Å². The summed E-state index contributed by atoms with van der Waals surface area (Å²) in [6, 6.07) is 4.00. The number of carboxylic acid groups (broad SMARTS) is 1. The molecule has 0 aliphatic carbocycles. The summed E-state index contributed by atoms with van der Waals surface area (Å²) in [5.74, 6) is -2.92. The van der Waals surface area contributed by atoms with Gasteiger partial charge in [0.2, 0.25) is 11.8 Å². The molecule has 0 bridgehead atoms. The number of thiazole rings is 1. The first-order valence-corrected chi connectivity index (χ1v) is 29.2. The number of amides is 3. The van der Waals surface area contributed by atoms with Crippen LogP contribution in [0.4, 0.5) is 5.69 Å². The Labute approximate surface area is 454 Å². The van der Waals surface area contributed by atoms with Gasteiger partial charge in [0.25, 0.3) is 5.91 Å². The summed E-state index contributed by atoms with van der Waals surface area (Å²) < 4.78 is 5.85. The first-order valence-electron chi connectivity index (χ1n) is 26.2. The predicted octanol–water partition coefficient (Wildman–Crippen LogP) is 8.45. The molecule has 1 aromatic carbocycles. The summed E-state index contributed by atoms with van der Waals surface area (Å²) in [4.78, 5) is 129. The number of phenolic OH excluding ortho intramolecular Hbond substituents is 1. The van der Waals surface area contributed by atoms with Crippen LogP contribution in [0.25, 0.3) is 0 Å². The van der Waals surface area contributed by atoms with Crippen molar-refractivity contribution in [1.29, 1.82) is 0 Å². The number of aliphatic carboxylic acids is 1. The van der Waals surface area contributed by atoms with Gasteiger partial charge in [-0.1, -0.05) is 59.9 Å². The van der Waals surface area contributed by atoms with Gasteiger partial charge in [0.15, 0.2) is 11.9 Å². The molecule has 4 rings (SSSR count). The van der Waals surface area contributed by atoms with Gasteiger partial charge < -0.3 is 30.5 Å². The maximum absolute atomic E-state index is 14.4. The number of esters is 1. The van der Waals surface area contributed by atoms with Crippen molar-refractivity contribution in [3.63, 3.8) is 0 Å². The minimum Gasteiger partial charge on any atom is -0.506 e. The van der Waals surface area contributed by atoms with Gasteiger partial charge in [-0.05, 0) is 94.5 Å². The molecule has 2 aliphatic heterocycles. The number of likely N-dealkylation sites (N-methyl/N-ethyl adjacent to an activating group) is 1. The van der Waals surface area contributed by atoms with Crippen LogP contribution in [0.15, 0.2) is 23.6 Å². The molecule has 8 atom stereocenters. The number of piperidine rings is 1. The highest BCUT2D eigenvalue weighted by atomic mass is 32.2. The van der Waals surface area contributed by atoms with Gasteiger partial charge in [-0.15, -0.1) is 34.9 Å². The first kappa shape index (κ1) is 64.3. The molecule has 2 unspecified atom stereocenters. The zero-order valence-corrected chi connectivity index (χ0v) is 47.3. The van der Waals surface area contributed by atoms with Crippen LogP contribution in [0.3, 0.4) is 0 Å². The lowest BCUT2D eigenvalue weighted by atomic mass is 9.83. The molecular weight excluding hydrogens is 1020 g/mol. The second kappa shape index (κ2) is 33.3. The van der Waals surface area contributed by atoms with Crippen molar-refractivity contribution in [2.45, 2.75) is 185 Å². The molecule has 75 heavy (non-hydrogen) atoms. The quantitative estimate of drug-likeness (QED) is 0.0313. The summed E-state index contributed by atoms with van der Waals surface area (Å²) in [7, 11) is 3.73. The van der Waals surface area contributed by atoms with Crippen molar-refractivity contribution >= 4 is 93.7 Å². The van der Waals surface area contributed by atoms with Crippen LogP contribution >= 0.6 is 34.9 Å². The van der Waals surface area contributed by atoms with E-state index in [9.17, 15) is 43.5 Å². The number of ketones is 3. The molecule has 21 heteroatoms. The Kier molecular flexibility index (Phi) is 28.5. The number of nitrogens with one attached hydrogen (secondary N) is 2. The van der Waals surface area contributed by atoms with Gasteiger partial charge >= 0.3 is 18.1 Å². The third kappa shape index (κ3) is 21.2. The number of likely N-dealkylation sites (tertiary alicyclic amines) is 1. The summed E-state index contributed by atoms with van der Waals surface area (Å²) in [5, 5.41) is 27.2. The zero-order chi connectivity index (χ0) is 55.8. The number of anilines is 1. The van der Waals surface area contributed by atoms with Crippen LogP contribution in [-0.4, -0.2) is 133 Å². The van der Waals surface area contributed by atoms with E-state index in [4.69, 9.17) is 19.4 Å². The van der Waals surface area contributed by atoms with E-state index in [0.29, 0.717) is 48.6 Å². The molecule has 2 aliphatic rings. The molecule has 2 saturated heterocycles. The van der Waals surface area contributed by atoms with Crippen molar-refractivity contribution < 1.29 is 62.9 Å². The van der Waals surface area contributed by atoms with Crippen LogP contribution in [0.2, 0.25) is 0 Å². The van der Waals surface area contributed by atoms with Crippen LogP contribution in [0.5, 0.6) is 5.75 Å². The Morgan fingerprint density at radius 1 is 0.920 bits per heavy atom. The molecule has 1 aromatic heterocycles. The minimum atomic E-state index is -0.897. The lowest BCUT2D eigenvalue weighted by Gasteiger charge is -2.37. The number of aromatic nitrogens is 1. The number of nitrogens with zero attached hydrogens (tertiary/aromatic N) is 3. The number of hydrogen-bond acceptors (Lipinski definition) is 17. The Morgan fingerprint density at radius 3 is 2.12 bits per heavy atom. The summed E-state index contributed by atoms with van der Waals surface area (Å²) in [6.45, 7) is 12.2. The van der Waals surface area contributed by atoms with Crippen molar-refractivity contribution in [3.8, 4) is 5.75 Å². The smallest absolute Gasteiger partial charge is 0.373 e. The first-order chi connectivity index (χ1) is 35.6. The number of benzene rings is 1. The maximum atomic E-state index is 14.4. The molecule has 0 saturated carbocycles. The highest BCUT2D eigenvalue weighted by Gasteiger charge is 2.39. The van der Waals surface area contributed by atoms with Crippen LogP contribution in [0, 0.1) is 17.8 Å². The SMILES string of the molecule is CCC[C@H](Cc1ccc(O)c(NC(=O)CCCCC(=O)C2SCSC2C(=O)CCCCC(=O)O)c1)NC(=O)c1csc([C@@H](C[C@H](C(C)C)N(C)C(=O)[C@@H](CC(=O)[C@H]2CCCCN2C)[C@@H](C)CC)OC(C)=O)n1.O=C=O. The zero-order valence-electron chi connectivity index (χ0n) is 44.9. The second-order valence-electron chi connectivity index (χ2n) is 20.0. The number of aromatic hydroxyl groups is 1. The molecule has 2 fully saturated rings. The fraction of sp³-hybridized carbons (Fsp3) is 0.667. The van der Waals surface area contributed by atoms with Gasteiger partial charge in [0, 0.05) is 81.0 Å². The van der Waals surface area contributed by atoms with E-state index in [-0.39, 0.29) is 121 Å². The van der Waals surface area contributed by atoms with Gasteiger partial charge in [-0.3, -0.25) is 43.3 Å². The van der Waals surface area contributed by atoms with Crippen molar-refractivity contribution in [3.05, 3.63) is 39.8 Å². The van der Waals surface area contributed by atoms with Gasteiger partial charge in [-0.2, -0.15) is 9.59 Å². The number of unbranched alkanes of at least 4 members (excludes halogenated alkanes) is 2. The third-order valence-corrected chi connectivity index (χ3v) is 17.9. The van der Waals surface area contributed by atoms with Gasteiger partial charge in [0.05, 0.1) is 22.2 Å². The number of carboxylic acids is 1. The molecule has 0 radical (unpaired) electrons. The molecule has 3 amide bonds. The van der Waals surface area contributed by atoms with Crippen molar-refractivity contribution in [2.75, 3.05) is 31.0 Å². The van der Waals surface area contributed by atoms with E-state index in [2.05, 4.69) is 20.5 Å². The van der Waals surface area contributed by atoms with Crippen LogP contribution in [-0.2, 0) is 54.3 Å². The minimum absolute atomic E-state index is 0.0112. The lowest BCUT2D eigenvalue weighted by Crippen LogP contribution is -2.48. The number of thioether (sulfide) groups is 2. The Morgan fingerprint density at radius 2 is 1.55 bits per heavy atom. The number of ether oxygens (including phenoxy) is 1. The largest absolute Gasteiger partial charge is 0.506 e.